The summed E-state index contributed by atoms with van der Waals surface area (Å²) < 4.78 is 0. The van der Waals surface area contributed by atoms with Gasteiger partial charge in [0, 0.05) is 19.6 Å². The Bertz CT molecular complexity index is 26.1. The third-order valence-corrected chi connectivity index (χ3v) is 0.675. The minimum absolute atomic E-state index is 0.722. The maximum atomic E-state index is 5.19. The molecule has 0 amide bonds. The molecule has 0 unspecified atom stereocenters. The first kappa shape index (κ1) is 6.88. The van der Waals surface area contributed by atoms with E-state index in [1.54, 1.807) is 0 Å². The fraction of sp³-hybridized carbons (Fsp3) is 1.00. The molecular formula is C4H14N3+. The van der Waals surface area contributed by atoms with E-state index in [4.69, 9.17) is 5.73 Å². The van der Waals surface area contributed by atoms with Crippen molar-refractivity contribution in [1.29, 1.82) is 0 Å². The van der Waals surface area contributed by atoms with Gasteiger partial charge >= 0.3 is 0 Å². The van der Waals surface area contributed by atoms with Gasteiger partial charge in [-0.05, 0) is 0 Å². The van der Waals surface area contributed by atoms with Crippen molar-refractivity contribution in [3.63, 3.8) is 0 Å². The van der Waals surface area contributed by atoms with Gasteiger partial charge in [0.1, 0.15) is 0 Å². The number of nitrogens with two attached hydrogens (primary N) is 1. The summed E-state index contributed by atoms with van der Waals surface area (Å²) in [4.78, 5) is 0. The summed E-state index contributed by atoms with van der Waals surface area (Å²) in [5, 5.41) is 3.10. The Hall–Kier alpha value is -0.120. The maximum absolute atomic E-state index is 5.19. The van der Waals surface area contributed by atoms with Gasteiger partial charge < -0.3 is 16.8 Å². The maximum Gasteiger partial charge on any atom is 0.0866 e. The highest BCUT2D eigenvalue weighted by Crippen LogP contribution is 1.47. The smallest absolute Gasteiger partial charge is 0.0866 e. The molecule has 0 aliphatic rings. The van der Waals surface area contributed by atoms with Gasteiger partial charge in [0.05, 0.1) is 6.54 Å². The van der Waals surface area contributed by atoms with Gasteiger partial charge in [0.2, 0.25) is 0 Å². The zero-order chi connectivity index (χ0) is 5.54. The molecule has 3 heteroatoms. The fourth-order valence-electron chi connectivity index (χ4n) is 0.352. The molecule has 0 aliphatic carbocycles. The molecule has 44 valence electrons. The lowest BCUT2D eigenvalue weighted by molar-refractivity contribution is -0.365. The van der Waals surface area contributed by atoms with Gasteiger partial charge in [-0.15, -0.1) is 0 Å². The second kappa shape index (κ2) is 5.88. The molecule has 0 heterocycles. The molecule has 0 spiro atoms. The highest BCUT2D eigenvalue weighted by Gasteiger charge is 1.78. The van der Waals surface area contributed by atoms with Crippen molar-refractivity contribution in [2.45, 2.75) is 0 Å². The Balaban J connectivity index is 2.45. The molecule has 6 N–H and O–H groups in total. The van der Waals surface area contributed by atoms with E-state index in [-0.39, 0.29) is 0 Å². The average Bonchev–Trinajstić information content (AvgIpc) is 1.69. The van der Waals surface area contributed by atoms with Gasteiger partial charge in [0.25, 0.3) is 0 Å². The fourth-order valence-corrected chi connectivity index (χ4v) is 0.352. The highest BCUT2D eigenvalue weighted by atomic mass is 14.9. The molecule has 7 heavy (non-hydrogen) atoms. The van der Waals surface area contributed by atoms with Gasteiger partial charge in [-0.2, -0.15) is 0 Å². The van der Waals surface area contributed by atoms with E-state index in [1.807, 2.05) is 0 Å². The molecule has 0 aromatic carbocycles. The lowest BCUT2D eigenvalue weighted by Gasteiger charge is -1.94. The standard InChI is InChI=1S/C4H13N3/c5-1-3-7-4-2-6/h7H,1-6H2/p+1. The predicted molar refractivity (Wildman–Crippen MR) is 29.7 cm³/mol. The summed E-state index contributed by atoms with van der Waals surface area (Å²) in [5.74, 6) is 0. The topological polar surface area (TPSA) is 65.7 Å². The summed E-state index contributed by atoms with van der Waals surface area (Å²) in [6.07, 6.45) is 0. The van der Waals surface area contributed by atoms with E-state index in [1.165, 1.54) is 0 Å². The van der Waals surface area contributed by atoms with Crippen molar-refractivity contribution in [1.82, 2.24) is 5.32 Å². The molecule has 0 fully saturated rings. The first-order valence-electron chi connectivity index (χ1n) is 2.62. The normalized spacial score (nSPS) is 9.43. The molecule has 3 nitrogen and oxygen atoms in total. The Labute approximate surface area is 44.1 Å². The van der Waals surface area contributed by atoms with E-state index < -0.39 is 0 Å². The van der Waals surface area contributed by atoms with E-state index in [0.717, 1.165) is 26.2 Å². The van der Waals surface area contributed by atoms with E-state index >= 15 is 0 Å². The molecule has 0 radical (unpaired) electrons. The summed E-state index contributed by atoms with van der Waals surface area (Å²) in [6.45, 7) is 3.56. The number of hydrogen-bond donors (Lipinski definition) is 3. The number of hydrogen-bond acceptors (Lipinski definition) is 2. The van der Waals surface area contributed by atoms with E-state index in [9.17, 15) is 0 Å². The summed E-state index contributed by atoms with van der Waals surface area (Å²) in [5.41, 5.74) is 8.84. The Kier molecular flexibility index (Phi) is 5.78. The highest BCUT2D eigenvalue weighted by molar-refractivity contribution is 4.42. The van der Waals surface area contributed by atoms with Crippen molar-refractivity contribution >= 4 is 0 Å². The van der Waals surface area contributed by atoms with Crippen molar-refractivity contribution in [3.8, 4) is 0 Å². The average molecular weight is 104 g/mol. The molecule has 0 aliphatic heterocycles. The third kappa shape index (κ3) is 5.88. The zero-order valence-electron chi connectivity index (χ0n) is 4.61. The Morgan fingerprint density at radius 2 is 2.14 bits per heavy atom. The van der Waals surface area contributed by atoms with Crippen LogP contribution in [0.5, 0.6) is 0 Å². The summed E-state index contributed by atoms with van der Waals surface area (Å²) >= 11 is 0. The van der Waals surface area contributed by atoms with Crippen LogP contribution in [0.2, 0.25) is 0 Å². The van der Waals surface area contributed by atoms with Gasteiger partial charge in [-0.25, -0.2) is 0 Å². The van der Waals surface area contributed by atoms with Crippen LogP contribution in [0.3, 0.4) is 0 Å². The minimum Gasteiger partial charge on any atom is -0.357 e. The van der Waals surface area contributed by atoms with Gasteiger partial charge in [-0.3, -0.25) is 0 Å². The van der Waals surface area contributed by atoms with Gasteiger partial charge in [-0.1, -0.05) is 0 Å². The van der Waals surface area contributed by atoms with Crippen LogP contribution in [0.4, 0.5) is 0 Å². The van der Waals surface area contributed by atoms with Crippen molar-refractivity contribution in [2.24, 2.45) is 5.73 Å². The van der Waals surface area contributed by atoms with E-state index in [0.29, 0.717) is 0 Å². The van der Waals surface area contributed by atoms with Crippen LogP contribution in [0, 0.1) is 0 Å². The van der Waals surface area contributed by atoms with Crippen LogP contribution in [0.25, 0.3) is 0 Å². The third-order valence-electron chi connectivity index (χ3n) is 0.675. The van der Waals surface area contributed by atoms with E-state index in [2.05, 4.69) is 11.1 Å². The molecule has 0 bridgehead atoms. The van der Waals surface area contributed by atoms with Crippen LogP contribution in [0.15, 0.2) is 0 Å². The first-order valence-corrected chi connectivity index (χ1v) is 2.62. The van der Waals surface area contributed by atoms with Gasteiger partial charge in [0.15, 0.2) is 0 Å². The van der Waals surface area contributed by atoms with Crippen LogP contribution in [0.1, 0.15) is 0 Å². The quantitative estimate of drug-likeness (QED) is 0.354. The molecule has 0 atom stereocenters. The van der Waals surface area contributed by atoms with Crippen molar-refractivity contribution < 1.29 is 5.73 Å². The largest absolute Gasteiger partial charge is 0.357 e. The van der Waals surface area contributed by atoms with Crippen LogP contribution >= 0.6 is 0 Å². The minimum atomic E-state index is 0.722. The first-order chi connectivity index (χ1) is 3.41. The monoisotopic (exact) mass is 104 g/mol. The summed E-state index contributed by atoms with van der Waals surface area (Å²) in [6, 6.07) is 0. The molecule has 0 saturated carbocycles. The molecule has 0 saturated heterocycles. The molecule has 0 aromatic rings. The molecule has 0 rings (SSSR count). The second-order valence-electron chi connectivity index (χ2n) is 1.39. The number of rotatable bonds is 4. The Morgan fingerprint density at radius 3 is 2.57 bits per heavy atom. The second-order valence-corrected chi connectivity index (χ2v) is 1.39. The van der Waals surface area contributed by atoms with Crippen LogP contribution in [-0.4, -0.2) is 26.2 Å². The van der Waals surface area contributed by atoms with Crippen LogP contribution < -0.4 is 16.8 Å². The van der Waals surface area contributed by atoms with Crippen molar-refractivity contribution in [3.05, 3.63) is 0 Å². The zero-order valence-corrected chi connectivity index (χ0v) is 4.61. The van der Waals surface area contributed by atoms with Crippen LogP contribution in [-0.2, 0) is 0 Å². The number of quaternary nitrogens is 1. The van der Waals surface area contributed by atoms with Crippen molar-refractivity contribution in [2.75, 3.05) is 26.2 Å². The Morgan fingerprint density at radius 1 is 1.43 bits per heavy atom. The SMILES string of the molecule is NCCNCC[NH3+]. The predicted octanol–water partition coefficient (Wildman–Crippen LogP) is -2.22. The lowest BCUT2D eigenvalue weighted by atomic mass is 10.6. The number of nitrogens with one attached hydrogen (secondary N) is 1. The molecular weight excluding hydrogens is 90.1 g/mol. The molecule has 0 aromatic heterocycles. The summed E-state index contributed by atoms with van der Waals surface area (Å²) in [7, 11) is 0. The lowest BCUT2D eigenvalue weighted by Crippen LogP contribution is -2.54.